The molecule has 0 aliphatic heterocycles. The zero-order valence-corrected chi connectivity index (χ0v) is 5.11. The monoisotopic (exact) mass is 135 g/mol. The third-order valence-corrected chi connectivity index (χ3v) is 1.29. The number of fused-ring (bicyclic) bond motifs is 1. The summed E-state index contributed by atoms with van der Waals surface area (Å²) in [4.78, 5) is 7.71. The van der Waals surface area contributed by atoms with Gasteiger partial charge >= 0.3 is 0 Å². The third-order valence-electron chi connectivity index (χ3n) is 1.29. The highest BCUT2D eigenvalue weighted by Crippen LogP contribution is 2.17. The zero-order chi connectivity index (χ0) is 6.97. The Balaban J connectivity index is 2.93. The Kier molecular flexibility index (Phi) is 0.887. The van der Waals surface area contributed by atoms with Crippen LogP contribution in [0.2, 0.25) is 0 Å². The smallest absolute Gasteiger partial charge is 0.216 e. The number of anilines is 1. The van der Waals surface area contributed by atoms with E-state index in [2.05, 4.69) is 9.97 Å². The summed E-state index contributed by atoms with van der Waals surface area (Å²) in [5.74, 6) is 0.345. The highest BCUT2D eigenvalue weighted by molar-refractivity contribution is 5.85. The van der Waals surface area contributed by atoms with Gasteiger partial charge in [-0.3, -0.25) is 0 Å². The minimum absolute atomic E-state index is 0.345. The van der Waals surface area contributed by atoms with Crippen molar-refractivity contribution in [2.24, 2.45) is 0 Å². The van der Waals surface area contributed by atoms with Crippen molar-refractivity contribution >= 4 is 16.8 Å². The molecule has 0 fully saturated rings. The van der Waals surface area contributed by atoms with Gasteiger partial charge in [-0.25, -0.2) is 9.97 Å². The van der Waals surface area contributed by atoms with Gasteiger partial charge < -0.3 is 10.2 Å². The molecule has 0 aliphatic carbocycles. The van der Waals surface area contributed by atoms with Crippen molar-refractivity contribution < 1.29 is 4.42 Å². The van der Waals surface area contributed by atoms with E-state index in [1.165, 1.54) is 12.6 Å². The molecule has 0 aliphatic rings. The minimum atomic E-state index is 0.345. The van der Waals surface area contributed by atoms with Crippen molar-refractivity contribution in [2.75, 3.05) is 5.73 Å². The predicted molar refractivity (Wildman–Crippen MR) is 36.2 cm³/mol. The summed E-state index contributed by atoms with van der Waals surface area (Å²) in [6.07, 6.45) is 4.63. The maximum atomic E-state index is 5.42. The number of nitrogens with zero attached hydrogens (tertiary/aromatic N) is 2. The van der Waals surface area contributed by atoms with Crippen LogP contribution in [0.5, 0.6) is 0 Å². The molecule has 4 nitrogen and oxygen atoms in total. The summed E-state index contributed by atoms with van der Waals surface area (Å²) < 4.78 is 4.89. The molecule has 50 valence electrons. The normalized spacial score (nSPS) is 10.4. The van der Waals surface area contributed by atoms with Gasteiger partial charge in [0, 0.05) is 6.20 Å². The van der Waals surface area contributed by atoms with Crippen LogP contribution >= 0.6 is 0 Å². The number of nitrogen functional groups attached to an aromatic ring is 1. The van der Waals surface area contributed by atoms with E-state index in [4.69, 9.17) is 10.2 Å². The Morgan fingerprint density at radius 2 is 2.40 bits per heavy atom. The lowest BCUT2D eigenvalue weighted by Gasteiger charge is -1.83. The topological polar surface area (TPSA) is 64.9 Å². The van der Waals surface area contributed by atoms with Crippen LogP contribution in [0.3, 0.4) is 0 Å². The van der Waals surface area contributed by atoms with E-state index in [9.17, 15) is 0 Å². The Morgan fingerprint density at radius 3 is 3.20 bits per heavy atom. The number of rotatable bonds is 0. The van der Waals surface area contributed by atoms with Gasteiger partial charge in [0.05, 0.1) is 5.39 Å². The molecule has 0 saturated heterocycles. The van der Waals surface area contributed by atoms with Gasteiger partial charge in [0.25, 0.3) is 0 Å². The molecule has 2 aromatic heterocycles. The fourth-order valence-electron chi connectivity index (χ4n) is 0.815. The molecule has 0 amide bonds. The molecule has 2 aromatic rings. The van der Waals surface area contributed by atoms with Crippen molar-refractivity contribution in [3.8, 4) is 0 Å². The lowest BCUT2D eigenvalue weighted by atomic mass is 10.4. The largest absolute Gasteiger partial charge is 0.446 e. The standard InChI is InChI=1S/C6H5N3O/c7-6-5-4(2-10-6)1-8-3-9-5/h1-3H,7H2. The third kappa shape index (κ3) is 0.556. The summed E-state index contributed by atoms with van der Waals surface area (Å²) in [5.41, 5.74) is 6.10. The van der Waals surface area contributed by atoms with Crippen LogP contribution < -0.4 is 5.73 Å². The number of aromatic nitrogens is 2. The fraction of sp³-hybridized carbons (Fsp3) is 0. The van der Waals surface area contributed by atoms with Crippen molar-refractivity contribution in [3.05, 3.63) is 18.8 Å². The SMILES string of the molecule is Nc1occ2cncnc12. The second kappa shape index (κ2) is 1.70. The molecule has 2 rings (SSSR count). The number of nitrogens with two attached hydrogens (primary N) is 1. The molecule has 0 spiro atoms. The van der Waals surface area contributed by atoms with Crippen molar-refractivity contribution in [2.45, 2.75) is 0 Å². The summed E-state index contributed by atoms with van der Waals surface area (Å²) in [6, 6.07) is 0. The maximum absolute atomic E-state index is 5.42. The van der Waals surface area contributed by atoms with Crippen LogP contribution in [0, 0.1) is 0 Å². The lowest BCUT2D eigenvalue weighted by Crippen LogP contribution is -1.83. The first kappa shape index (κ1) is 5.22. The van der Waals surface area contributed by atoms with Crippen LogP contribution in [0.15, 0.2) is 23.2 Å². The van der Waals surface area contributed by atoms with E-state index >= 15 is 0 Å². The van der Waals surface area contributed by atoms with Crippen LogP contribution in [0.25, 0.3) is 10.9 Å². The average Bonchev–Trinajstić information content (AvgIpc) is 2.34. The van der Waals surface area contributed by atoms with Crippen LogP contribution in [-0.4, -0.2) is 9.97 Å². The molecule has 0 saturated carbocycles. The van der Waals surface area contributed by atoms with E-state index in [1.54, 1.807) is 6.20 Å². The molecule has 0 atom stereocenters. The van der Waals surface area contributed by atoms with E-state index in [0.29, 0.717) is 11.4 Å². The zero-order valence-electron chi connectivity index (χ0n) is 5.11. The summed E-state index contributed by atoms with van der Waals surface area (Å²) in [5, 5.41) is 0.833. The average molecular weight is 135 g/mol. The van der Waals surface area contributed by atoms with E-state index < -0.39 is 0 Å². The Morgan fingerprint density at radius 1 is 1.50 bits per heavy atom. The van der Waals surface area contributed by atoms with Gasteiger partial charge in [0.1, 0.15) is 18.1 Å². The molecule has 2 N–H and O–H groups in total. The lowest BCUT2D eigenvalue weighted by molar-refractivity contribution is 0.592. The Bertz CT molecular complexity index is 355. The predicted octanol–water partition coefficient (Wildman–Crippen LogP) is 0.805. The highest BCUT2D eigenvalue weighted by atomic mass is 16.3. The van der Waals surface area contributed by atoms with Gasteiger partial charge in [-0.05, 0) is 0 Å². The Hall–Kier alpha value is -1.58. The van der Waals surface area contributed by atoms with Crippen LogP contribution in [-0.2, 0) is 0 Å². The van der Waals surface area contributed by atoms with Gasteiger partial charge in [-0.2, -0.15) is 0 Å². The molecular weight excluding hydrogens is 130 g/mol. The van der Waals surface area contributed by atoms with Gasteiger partial charge in [-0.15, -0.1) is 0 Å². The number of furan rings is 1. The molecule has 2 heterocycles. The van der Waals surface area contributed by atoms with Crippen LogP contribution in [0.1, 0.15) is 0 Å². The van der Waals surface area contributed by atoms with E-state index in [1.807, 2.05) is 0 Å². The van der Waals surface area contributed by atoms with Crippen molar-refractivity contribution in [3.63, 3.8) is 0 Å². The number of hydrogen-bond donors (Lipinski definition) is 1. The van der Waals surface area contributed by atoms with Crippen LogP contribution in [0.4, 0.5) is 5.88 Å². The van der Waals surface area contributed by atoms with Gasteiger partial charge in [0.2, 0.25) is 5.88 Å². The first-order valence-electron chi connectivity index (χ1n) is 2.80. The molecule has 0 unspecified atom stereocenters. The van der Waals surface area contributed by atoms with E-state index in [-0.39, 0.29) is 0 Å². The first-order valence-corrected chi connectivity index (χ1v) is 2.80. The van der Waals surface area contributed by atoms with Crippen molar-refractivity contribution in [1.29, 1.82) is 0 Å². The minimum Gasteiger partial charge on any atom is -0.446 e. The summed E-state index contributed by atoms with van der Waals surface area (Å²) in [7, 11) is 0. The second-order valence-electron chi connectivity index (χ2n) is 1.93. The fourth-order valence-corrected chi connectivity index (χ4v) is 0.815. The molecule has 10 heavy (non-hydrogen) atoms. The Labute approximate surface area is 56.7 Å². The molecular formula is C6H5N3O. The molecule has 0 bridgehead atoms. The summed E-state index contributed by atoms with van der Waals surface area (Å²) in [6.45, 7) is 0. The highest BCUT2D eigenvalue weighted by Gasteiger charge is 2.00. The quantitative estimate of drug-likeness (QED) is 0.580. The number of hydrogen-bond acceptors (Lipinski definition) is 4. The molecule has 4 heteroatoms. The van der Waals surface area contributed by atoms with Crippen molar-refractivity contribution in [1.82, 2.24) is 9.97 Å². The second-order valence-corrected chi connectivity index (χ2v) is 1.93. The van der Waals surface area contributed by atoms with Gasteiger partial charge in [-0.1, -0.05) is 0 Å². The van der Waals surface area contributed by atoms with E-state index in [0.717, 1.165) is 5.39 Å². The van der Waals surface area contributed by atoms with Gasteiger partial charge in [0.15, 0.2) is 0 Å². The first-order chi connectivity index (χ1) is 4.88. The summed E-state index contributed by atoms with van der Waals surface area (Å²) >= 11 is 0. The maximum Gasteiger partial charge on any atom is 0.216 e. The molecule has 0 radical (unpaired) electrons. The molecule has 0 aromatic carbocycles.